The third kappa shape index (κ3) is 2.60. The molecule has 3 aromatic rings. The van der Waals surface area contributed by atoms with Crippen molar-refractivity contribution in [3.8, 4) is 0 Å². The lowest BCUT2D eigenvalue weighted by molar-refractivity contribution is 0.556. The molecule has 3 nitrogen and oxygen atoms in total. The molecule has 0 unspecified atom stereocenters. The van der Waals surface area contributed by atoms with Gasteiger partial charge in [0.1, 0.15) is 5.82 Å². The fraction of sp³-hybridized carbons (Fsp3) is 0.105. The van der Waals surface area contributed by atoms with E-state index in [1.807, 2.05) is 54.6 Å². The number of fused-ring (bicyclic) bond motifs is 1. The first-order valence-electron chi connectivity index (χ1n) is 7.62. The molecule has 0 bridgehead atoms. The van der Waals surface area contributed by atoms with Crippen molar-refractivity contribution in [2.75, 3.05) is 5.32 Å². The van der Waals surface area contributed by atoms with Gasteiger partial charge in [0, 0.05) is 16.1 Å². The molecule has 0 fully saturated rings. The van der Waals surface area contributed by atoms with Gasteiger partial charge in [-0.3, -0.25) is 9.36 Å². The van der Waals surface area contributed by atoms with E-state index in [1.54, 1.807) is 16.7 Å². The average molecular weight is 357 g/mol. The molecule has 24 heavy (non-hydrogen) atoms. The zero-order valence-electron chi connectivity index (χ0n) is 12.6. The lowest BCUT2D eigenvalue weighted by Crippen LogP contribution is -2.23. The van der Waals surface area contributed by atoms with Gasteiger partial charge in [-0.05, 0) is 41.5 Å². The fourth-order valence-corrected chi connectivity index (χ4v) is 3.48. The van der Waals surface area contributed by atoms with Crippen LogP contribution in [0.3, 0.4) is 0 Å². The van der Waals surface area contributed by atoms with Crippen molar-refractivity contribution < 1.29 is 0 Å². The van der Waals surface area contributed by atoms with Gasteiger partial charge in [-0.2, -0.15) is 0 Å². The van der Waals surface area contributed by atoms with Crippen molar-refractivity contribution in [2.24, 2.45) is 0 Å². The molecule has 1 aliphatic rings. The molecule has 0 amide bonds. The summed E-state index contributed by atoms with van der Waals surface area (Å²) in [5.74, 6) is 0.808. The maximum Gasteiger partial charge on any atom is 0.252 e. The van der Waals surface area contributed by atoms with Crippen LogP contribution in [-0.2, 0) is 0 Å². The number of halogens is 2. The highest BCUT2D eigenvalue weighted by molar-refractivity contribution is 6.30. The summed E-state index contributed by atoms with van der Waals surface area (Å²) in [5.41, 5.74) is 2.07. The molecule has 0 radical (unpaired) electrons. The Labute approximate surface area is 149 Å². The largest absolute Gasteiger partial charge is 0.362 e. The van der Waals surface area contributed by atoms with E-state index in [0.29, 0.717) is 10.0 Å². The summed E-state index contributed by atoms with van der Waals surface area (Å²) in [4.78, 5) is 12.5. The van der Waals surface area contributed by atoms with E-state index in [2.05, 4.69) is 5.32 Å². The minimum atomic E-state index is -0.146. The molecule has 4 rings (SSSR count). The molecule has 2 aromatic carbocycles. The van der Waals surface area contributed by atoms with Crippen molar-refractivity contribution in [2.45, 2.75) is 12.1 Å². The maximum absolute atomic E-state index is 12.5. The van der Waals surface area contributed by atoms with E-state index in [-0.39, 0.29) is 17.6 Å². The maximum atomic E-state index is 12.5. The van der Waals surface area contributed by atoms with E-state index in [9.17, 15) is 4.79 Å². The van der Waals surface area contributed by atoms with Gasteiger partial charge in [-0.1, -0.05) is 53.5 Å². The van der Waals surface area contributed by atoms with Crippen molar-refractivity contribution in [3.63, 3.8) is 0 Å². The zero-order valence-corrected chi connectivity index (χ0v) is 14.1. The molecule has 2 heterocycles. The van der Waals surface area contributed by atoms with Gasteiger partial charge in [-0.25, -0.2) is 0 Å². The number of aromatic nitrogens is 1. The van der Waals surface area contributed by atoms with Crippen LogP contribution in [0.2, 0.25) is 10.0 Å². The Morgan fingerprint density at radius 3 is 2.00 bits per heavy atom. The second-order valence-corrected chi connectivity index (χ2v) is 6.66. The number of hydrogen-bond acceptors (Lipinski definition) is 2. The third-order valence-corrected chi connectivity index (χ3v) is 4.83. The minimum absolute atomic E-state index is 0.0311. The number of rotatable bonds is 2. The zero-order chi connectivity index (χ0) is 16.7. The van der Waals surface area contributed by atoms with Crippen LogP contribution < -0.4 is 10.9 Å². The van der Waals surface area contributed by atoms with Crippen LogP contribution in [0.5, 0.6) is 0 Å². The summed E-state index contributed by atoms with van der Waals surface area (Å²) in [6.07, 6.45) is 0. The van der Waals surface area contributed by atoms with Crippen LogP contribution in [0, 0.1) is 0 Å². The molecule has 0 saturated heterocycles. The number of hydrogen-bond donors (Lipinski definition) is 1. The van der Waals surface area contributed by atoms with Crippen molar-refractivity contribution >= 4 is 29.0 Å². The smallest absolute Gasteiger partial charge is 0.252 e. The summed E-state index contributed by atoms with van der Waals surface area (Å²) >= 11 is 12.0. The molecule has 5 heteroatoms. The SMILES string of the molecule is O=c1cccc2n1[C@@H](c1ccc(Cl)cc1)[C@@H](c1ccc(Cl)cc1)N2. The lowest BCUT2D eigenvalue weighted by Gasteiger charge is -2.22. The average Bonchev–Trinajstić information content (AvgIpc) is 2.97. The molecule has 0 saturated carbocycles. The Bertz CT molecular complexity index is 933. The summed E-state index contributed by atoms with van der Waals surface area (Å²) in [6, 6.07) is 20.4. The summed E-state index contributed by atoms with van der Waals surface area (Å²) in [6.45, 7) is 0. The Morgan fingerprint density at radius 2 is 1.38 bits per heavy atom. The predicted octanol–water partition coefficient (Wildman–Crippen LogP) is 4.91. The summed E-state index contributed by atoms with van der Waals surface area (Å²) < 4.78 is 1.79. The molecule has 0 spiro atoms. The van der Waals surface area contributed by atoms with Gasteiger partial charge in [0.15, 0.2) is 0 Å². The molecule has 1 aliphatic heterocycles. The summed E-state index contributed by atoms with van der Waals surface area (Å²) in [5, 5.41) is 4.82. The van der Waals surface area contributed by atoms with Crippen molar-refractivity contribution in [1.29, 1.82) is 0 Å². The highest BCUT2D eigenvalue weighted by atomic mass is 35.5. The second-order valence-electron chi connectivity index (χ2n) is 5.79. The predicted molar refractivity (Wildman–Crippen MR) is 98.1 cm³/mol. The first-order valence-corrected chi connectivity index (χ1v) is 8.38. The van der Waals surface area contributed by atoms with Crippen LogP contribution in [0.15, 0.2) is 71.5 Å². The van der Waals surface area contributed by atoms with Gasteiger partial charge >= 0.3 is 0 Å². The Kier molecular flexibility index (Phi) is 3.83. The number of anilines is 1. The number of nitrogens with zero attached hydrogens (tertiary/aromatic N) is 1. The van der Waals surface area contributed by atoms with Crippen LogP contribution in [0.1, 0.15) is 23.2 Å². The van der Waals surface area contributed by atoms with Gasteiger partial charge < -0.3 is 5.32 Å². The van der Waals surface area contributed by atoms with Crippen molar-refractivity contribution in [3.05, 3.63) is 98.3 Å². The molecule has 0 aliphatic carbocycles. The van der Waals surface area contributed by atoms with Crippen LogP contribution in [0.4, 0.5) is 5.82 Å². The minimum Gasteiger partial charge on any atom is -0.362 e. The highest BCUT2D eigenvalue weighted by Crippen LogP contribution is 2.41. The van der Waals surface area contributed by atoms with E-state index in [1.165, 1.54) is 0 Å². The Morgan fingerprint density at radius 1 is 0.792 bits per heavy atom. The quantitative estimate of drug-likeness (QED) is 0.707. The molecule has 1 N–H and O–H groups in total. The number of benzene rings is 2. The Hall–Kier alpha value is -2.23. The molecule has 120 valence electrons. The summed E-state index contributed by atoms with van der Waals surface area (Å²) in [7, 11) is 0. The van der Waals surface area contributed by atoms with Gasteiger partial charge in [0.05, 0.1) is 12.1 Å². The topological polar surface area (TPSA) is 34.0 Å². The standard InChI is InChI=1S/C19H14Cl2N2O/c20-14-8-4-12(5-9-14)18-19(13-6-10-15(21)11-7-13)23-16(22-18)2-1-3-17(23)24/h1-11,18-19,22H/t18-,19+/m1/s1. The lowest BCUT2D eigenvalue weighted by atomic mass is 9.94. The highest BCUT2D eigenvalue weighted by Gasteiger charge is 2.34. The van der Waals surface area contributed by atoms with Crippen LogP contribution in [-0.4, -0.2) is 4.57 Å². The van der Waals surface area contributed by atoms with E-state index in [0.717, 1.165) is 16.9 Å². The Balaban J connectivity index is 1.87. The number of pyridine rings is 1. The first kappa shape index (κ1) is 15.3. The van der Waals surface area contributed by atoms with Gasteiger partial charge in [0.2, 0.25) is 0 Å². The third-order valence-electron chi connectivity index (χ3n) is 4.33. The van der Waals surface area contributed by atoms with Gasteiger partial charge in [0.25, 0.3) is 5.56 Å². The fourth-order valence-electron chi connectivity index (χ4n) is 3.23. The second kappa shape index (κ2) is 6.00. The normalized spacial score (nSPS) is 18.9. The van der Waals surface area contributed by atoms with Crippen LogP contribution >= 0.6 is 23.2 Å². The first-order chi connectivity index (χ1) is 11.6. The van der Waals surface area contributed by atoms with Crippen LogP contribution in [0.25, 0.3) is 0 Å². The van der Waals surface area contributed by atoms with E-state index >= 15 is 0 Å². The monoisotopic (exact) mass is 356 g/mol. The molecule has 1 aromatic heterocycles. The van der Waals surface area contributed by atoms with Crippen molar-refractivity contribution in [1.82, 2.24) is 4.57 Å². The van der Waals surface area contributed by atoms with Gasteiger partial charge in [-0.15, -0.1) is 0 Å². The number of nitrogens with one attached hydrogen (secondary N) is 1. The molecular formula is C19H14Cl2N2O. The molecule has 2 atom stereocenters. The van der Waals surface area contributed by atoms with E-state index in [4.69, 9.17) is 23.2 Å². The van der Waals surface area contributed by atoms with E-state index < -0.39 is 0 Å². The molecular weight excluding hydrogens is 343 g/mol.